The number of hydrogen-bond donors (Lipinski definition) is 2. The maximum Gasteiger partial charge on any atom is 0.277 e. The number of nitrogens with one attached hydrogen (secondary N) is 2. The molecule has 0 unspecified atom stereocenters. The minimum atomic E-state index is -0.676. The Morgan fingerprint density at radius 2 is 2.09 bits per heavy atom. The van der Waals surface area contributed by atoms with Crippen molar-refractivity contribution < 1.29 is 23.5 Å². The van der Waals surface area contributed by atoms with Gasteiger partial charge in [-0.3, -0.25) is 9.63 Å². The highest BCUT2D eigenvalue weighted by Crippen LogP contribution is 2.33. The van der Waals surface area contributed by atoms with Gasteiger partial charge < -0.3 is 19.4 Å². The van der Waals surface area contributed by atoms with Crippen molar-refractivity contribution in [3.05, 3.63) is 47.0 Å². The van der Waals surface area contributed by atoms with Gasteiger partial charge in [-0.25, -0.2) is 14.9 Å². The standard InChI is InChI=1S/C23H23BClFN4O4/c24-14-3-4-17(16(25)9-14)28-21-15(23(31)29-34-11-13-1-2-13)10-18-22(20(21)26)27-12-30(18)6-5-19-32-7-8-33-19/h3-4,9-10,12-13,19,28H,1-2,5-8,11H2,(H,29,31). The number of ether oxygens (including phenoxy) is 2. The summed E-state index contributed by atoms with van der Waals surface area (Å²) in [5, 5.41) is 3.23. The number of anilines is 2. The molecule has 0 bridgehead atoms. The Morgan fingerprint density at radius 1 is 1.29 bits per heavy atom. The molecule has 2 N–H and O–H groups in total. The number of carbonyl (C=O) groups is 1. The number of imidazole rings is 1. The van der Waals surface area contributed by atoms with Crippen LogP contribution in [0.5, 0.6) is 0 Å². The summed E-state index contributed by atoms with van der Waals surface area (Å²) in [6.07, 6.45) is 3.95. The quantitative estimate of drug-likeness (QED) is 0.358. The van der Waals surface area contributed by atoms with E-state index in [0.29, 0.717) is 55.4 Å². The molecule has 1 saturated heterocycles. The molecule has 8 nitrogen and oxygen atoms in total. The summed E-state index contributed by atoms with van der Waals surface area (Å²) in [6.45, 7) is 2.01. The minimum Gasteiger partial charge on any atom is -0.351 e. The van der Waals surface area contributed by atoms with Gasteiger partial charge in [0, 0.05) is 13.0 Å². The fourth-order valence-corrected chi connectivity index (χ4v) is 4.02. The lowest BCUT2D eigenvalue weighted by molar-refractivity contribution is -0.0489. The van der Waals surface area contributed by atoms with Crippen LogP contribution >= 0.6 is 11.6 Å². The number of aromatic nitrogens is 2. The van der Waals surface area contributed by atoms with E-state index in [9.17, 15) is 4.79 Å². The van der Waals surface area contributed by atoms with Crippen molar-refractivity contribution in [1.29, 1.82) is 0 Å². The molecule has 0 spiro atoms. The first kappa shape index (κ1) is 23.1. The molecular weight excluding hydrogens is 462 g/mol. The van der Waals surface area contributed by atoms with Crippen molar-refractivity contribution in [2.75, 3.05) is 25.1 Å². The summed E-state index contributed by atoms with van der Waals surface area (Å²) < 4.78 is 28.5. The largest absolute Gasteiger partial charge is 0.351 e. The normalized spacial score (nSPS) is 16.3. The summed E-state index contributed by atoms with van der Waals surface area (Å²) in [5.74, 6) is -0.803. The van der Waals surface area contributed by atoms with Crippen LogP contribution in [0, 0.1) is 11.7 Å². The van der Waals surface area contributed by atoms with E-state index >= 15 is 4.39 Å². The first-order chi connectivity index (χ1) is 16.5. The van der Waals surface area contributed by atoms with Gasteiger partial charge in [0.25, 0.3) is 5.91 Å². The molecule has 1 aromatic heterocycles. The van der Waals surface area contributed by atoms with Crippen molar-refractivity contribution in [3.63, 3.8) is 0 Å². The molecule has 1 amide bonds. The van der Waals surface area contributed by atoms with Crippen molar-refractivity contribution in [1.82, 2.24) is 15.0 Å². The fraction of sp³-hybridized carbons (Fsp3) is 0.391. The van der Waals surface area contributed by atoms with Crippen molar-refractivity contribution in [2.45, 2.75) is 32.1 Å². The van der Waals surface area contributed by atoms with E-state index < -0.39 is 11.7 Å². The van der Waals surface area contributed by atoms with Crippen molar-refractivity contribution in [2.24, 2.45) is 5.92 Å². The molecule has 3 aromatic rings. The van der Waals surface area contributed by atoms with E-state index in [1.54, 1.807) is 28.8 Å². The molecule has 34 heavy (non-hydrogen) atoms. The zero-order chi connectivity index (χ0) is 23.7. The van der Waals surface area contributed by atoms with Crippen LogP contribution in [-0.2, 0) is 20.9 Å². The highest BCUT2D eigenvalue weighted by atomic mass is 35.5. The maximum atomic E-state index is 15.7. The van der Waals surface area contributed by atoms with Crippen LogP contribution < -0.4 is 16.3 Å². The molecule has 2 heterocycles. The Hall–Kier alpha value is -2.66. The SMILES string of the molecule is [B]c1ccc(Nc2c(C(=O)NOCC3CC3)cc3c(ncn3CCC3OCCO3)c2F)c(Cl)c1. The molecule has 2 aliphatic rings. The van der Waals surface area contributed by atoms with Gasteiger partial charge in [0.2, 0.25) is 0 Å². The number of carbonyl (C=O) groups excluding carboxylic acids is 1. The predicted molar refractivity (Wildman–Crippen MR) is 126 cm³/mol. The van der Waals surface area contributed by atoms with Crippen LogP contribution in [-0.4, -0.2) is 49.4 Å². The average molecular weight is 485 g/mol. The molecular formula is C23H23BClFN4O4. The Morgan fingerprint density at radius 3 is 2.82 bits per heavy atom. The number of halogens is 2. The average Bonchev–Trinajstić information content (AvgIpc) is 3.31. The molecule has 1 saturated carbocycles. The Labute approximate surface area is 202 Å². The number of benzene rings is 2. The van der Waals surface area contributed by atoms with Gasteiger partial charge in [0.1, 0.15) is 13.4 Å². The molecule has 5 rings (SSSR count). The van der Waals surface area contributed by atoms with Gasteiger partial charge in [-0.15, -0.1) is 0 Å². The first-order valence-electron chi connectivity index (χ1n) is 11.1. The fourth-order valence-electron chi connectivity index (χ4n) is 3.79. The number of aryl methyl sites for hydroxylation is 1. The smallest absolute Gasteiger partial charge is 0.277 e. The third kappa shape index (κ3) is 5.05. The highest BCUT2D eigenvalue weighted by molar-refractivity contribution is 6.37. The second-order valence-electron chi connectivity index (χ2n) is 8.43. The molecule has 1 aliphatic heterocycles. The minimum absolute atomic E-state index is 0.0561. The van der Waals surface area contributed by atoms with Crippen LogP contribution in [0.15, 0.2) is 30.6 Å². The number of rotatable bonds is 9. The monoisotopic (exact) mass is 484 g/mol. The molecule has 2 radical (unpaired) electrons. The third-order valence-corrected chi connectivity index (χ3v) is 6.14. The van der Waals surface area contributed by atoms with E-state index in [0.717, 1.165) is 12.8 Å². The first-order valence-corrected chi connectivity index (χ1v) is 11.5. The second-order valence-corrected chi connectivity index (χ2v) is 8.84. The van der Waals surface area contributed by atoms with Crippen LogP contribution in [0.4, 0.5) is 15.8 Å². The van der Waals surface area contributed by atoms with Crippen molar-refractivity contribution >= 4 is 53.2 Å². The number of fused-ring (bicyclic) bond motifs is 1. The maximum absolute atomic E-state index is 15.7. The highest BCUT2D eigenvalue weighted by Gasteiger charge is 2.25. The zero-order valence-corrected chi connectivity index (χ0v) is 19.1. The topological polar surface area (TPSA) is 86.6 Å². The van der Waals surface area contributed by atoms with Gasteiger partial charge >= 0.3 is 0 Å². The van der Waals surface area contributed by atoms with Gasteiger partial charge in [-0.05, 0) is 37.0 Å². The van der Waals surface area contributed by atoms with Crippen LogP contribution in [0.1, 0.15) is 29.6 Å². The summed E-state index contributed by atoms with van der Waals surface area (Å²) in [7, 11) is 5.77. The van der Waals surface area contributed by atoms with Crippen LogP contribution in [0.25, 0.3) is 11.0 Å². The second kappa shape index (κ2) is 9.91. The molecule has 2 aromatic carbocycles. The summed E-state index contributed by atoms with van der Waals surface area (Å²) in [6, 6.07) is 6.38. The van der Waals surface area contributed by atoms with Gasteiger partial charge in [0.15, 0.2) is 12.1 Å². The van der Waals surface area contributed by atoms with E-state index in [1.165, 1.54) is 6.33 Å². The number of hydrogen-bond acceptors (Lipinski definition) is 6. The third-order valence-electron chi connectivity index (χ3n) is 5.83. The Bertz CT molecular complexity index is 1210. The number of hydroxylamine groups is 1. The van der Waals surface area contributed by atoms with E-state index in [-0.39, 0.29) is 28.1 Å². The number of amides is 1. The Balaban J connectivity index is 1.48. The van der Waals surface area contributed by atoms with Crippen LogP contribution in [0.3, 0.4) is 0 Å². The van der Waals surface area contributed by atoms with E-state index in [4.69, 9.17) is 33.8 Å². The predicted octanol–water partition coefficient (Wildman–Crippen LogP) is 3.20. The van der Waals surface area contributed by atoms with E-state index in [1.807, 2.05) is 0 Å². The lowest BCUT2D eigenvalue weighted by atomic mass is 9.96. The summed E-state index contributed by atoms with van der Waals surface area (Å²) in [4.78, 5) is 22.6. The summed E-state index contributed by atoms with van der Waals surface area (Å²) in [5.41, 5.74) is 3.89. The lowest BCUT2D eigenvalue weighted by Crippen LogP contribution is -2.26. The van der Waals surface area contributed by atoms with Crippen molar-refractivity contribution in [3.8, 4) is 0 Å². The molecule has 11 heteroatoms. The molecule has 176 valence electrons. The number of nitrogens with zero attached hydrogens (tertiary/aromatic N) is 2. The summed E-state index contributed by atoms with van der Waals surface area (Å²) >= 11 is 6.28. The van der Waals surface area contributed by atoms with Gasteiger partial charge in [-0.2, -0.15) is 0 Å². The molecule has 2 fully saturated rings. The lowest BCUT2D eigenvalue weighted by Gasteiger charge is -2.16. The van der Waals surface area contributed by atoms with Gasteiger partial charge in [0.05, 0.1) is 53.6 Å². The Kier molecular flexibility index (Phi) is 6.74. The molecule has 0 atom stereocenters. The zero-order valence-electron chi connectivity index (χ0n) is 18.4. The van der Waals surface area contributed by atoms with Crippen LogP contribution in [0.2, 0.25) is 5.02 Å². The molecule has 1 aliphatic carbocycles. The van der Waals surface area contributed by atoms with E-state index in [2.05, 4.69) is 15.8 Å². The van der Waals surface area contributed by atoms with Gasteiger partial charge in [-0.1, -0.05) is 23.1 Å².